The first-order chi connectivity index (χ1) is 13.2. The number of halogens is 1. The highest BCUT2D eigenvalue weighted by Crippen LogP contribution is 2.22. The Balaban J connectivity index is 1.77. The molecule has 1 aromatic heterocycles. The molecule has 1 amide bonds. The first-order valence-electron chi connectivity index (χ1n) is 8.39. The molecule has 2 N–H and O–H groups in total. The molecule has 0 atom stereocenters. The summed E-state index contributed by atoms with van der Waals surface area (Å²) in [6, 6.07) is 10.8. The van der Waals surface area contributed by atoms with Crippen molar-refractivity contribution in [3.8, 4) is 0 Å². The summed E-state index contributed by atoms with van der Waals surface area (Å²) in [4.78, 5) is 12.6. The molecular weight excluding hydrogens is 400 g/mol. The number of carbonyl (C=O) groups is 1. The van der Waals surface area contributed by atoms with E-state index in [1.807, 2.05) is 6.92 Å². The van der Waals surface area contributed by atoms with Gasteiger partial charge >= 0.3 is 0 Å². The second-order valence-electron chi connectivity index (χ2n) is 6.35. The molecular formula is C19H19ClN4O3S. The molecule has 0 unspecified atom stereocenters. The van der Waals surface area contributed by atoms with Gasteiger partial charge in [0.2, 0.25) is 0 Å². The van der Waals surface area contributed by atoms with Crippen LogP contribution >= 0.6 is 11.6 Å². The summed E-state index contributed by atoms with van der Waals surface area (Å²) in [5.41, 5.74) is 2.25. The number of carbonyl (C=O) groups excluding carboxylic acids is 1. The van der Waals surface area contributed by atoms with Gasteiger partial charge in [-0.25, -0.2) is 8.42 Å². The van der Waals surface area contributed by atoms with Crippen molar-refractivity contribution in [2.75, 3.05) is 4.72 Å². The second-order valence-corrected chi connectivity index (χ2v) is 8.47. The van der Waals surface area contributed by atoms with Gasteiger partial charge in [0, 0.05) is 35.9 Å². The number of nitrogens with zero attached hydrogens (tertiary/aromatic N) is 2. The summed E-state index contributed by atoms with van der Waals surface area (Å²) in [6.07, 6.45) is 3.44. The third-order valence-electron chi connectivity index (χ3n) is 3.95. The Kier molecular flexibility index (Phi) is 5.71. The van der Waals surface area contributed by atoms with E-state index in [1.54, 1.807) is 36.3 Å². The van der Waals surface area contributed by atoms with Crippen LogP contribution in [0.15, 0.2) is 59.8 Å². The maximum atomic E-state index is 12.6. The fourth-order valence-corrected chi connectivity index (χ4v) is 3.83. The smallest absolute Gasteiger partial charge is 0.261 e. The predicted molar refractivity (Wildman–Crippen MR) is 108 cm³/mol. The standard InChI is InChI=1S/C19H19ClN4O3S/c1-13-3-5-18(6-4-13)28(26,27)23-17-8-15(7-16(20)9-17)19(25)21-10-14-11-22-24(2)12-14/h3-9,11-12,23H,10H2,1-2H3,(H,21,25). The molecule has 3 rings (SSSR count). The Morgan fingerprint density at radius 1 is 1.18 bits per heavy atom. The normalized spacial score (nSPS) is 11.2. The Bertz CT molecular complexity index is 1110. The monoisotopic (exact) mass is 418 g/mol. The lowest BCUT2D eigenvalue weighted by Gasteiger charge is -2.11. The molecule has 0 spiro atoms. The number of benzene rings is 2. The van der Waals surface area contributed by atoms with E-state index in [0.29, 0.717) is 6.54 Å². The summed E-state index contributed by atoms with van der Waals surface area (Å²) in [5, 5.41) is 7.04. The summed E-state index contributed by atoms with van der Waals surface area (Å²) in [7, 11) is -2.01. The molecule has 0 aliphatic heterocycles. The van der Waals surface area contributed by atoms with E-state index in [1.165, 1.54) is 30.3 Å². The third-order valence-corrected chi connectivity index (χ3v) is 5.57. The molecule has 3 aromatic rings. The molecule has 0 aliphatic carbocycles. The van der Waals surface area contributed by atoms with Crippen molar-refractivity contribution < 1.29 is 13.2 Å². The van der Waals surface area contributed by atoms with Gasteiger partial charge in [0.1, 0.15) is 0 Å². The lowest BCUT2D eigenvalue weighted by molar-refractivity contribution is 0.0951. The van der Waals surface area contributed by atoms with Crippen molar-refractivity contribution in [2.24, 2.45) is 7.05 Å². The highest BCUT2D eigenvalue weighted by molar-refractivity contribution is 7.92. The van der Waals surface area contributed by atoms with E-state index < -0.39 is 10.0 Å². The largest absolute Gasteiger partial charge is 0.348 e. The van der Waals surface area contributed by atoms with Gasteiger partial charge < -0.3 is 5.32 Å². The van der Waals surface area contributed by atoms with Crippen LogP contribution in [0.3, 0.4) is 0 Å². The zero-order valence-electron chi connectivity index (χ0n) is 15.3. The van der Waals surface area contributed by atoms with E-state index in [-0.39, 0.29) is 27.1 Å². The van der Waals surface area contributed by atoms with Crippen LogP contribution in [0.25, 0.3) is 0 Å². The van der Waals surface area contributed by atoms with Crippen LogP contribution < -0.4 is 10.0 Å². The number of aryl methyl sites for hydroxylation is 2. The molecule has 0 saturated heterocycles. The number of sulfonamides is 1. The SMILES string of the molecule is Cc1ccc(S(=O)(=O)Nc2cc(Cl)cc(C(=O)NCc3cnn(C)c3)c2)cc1. The van der Waals surface area contributed by atoms with E-state index in [0.717, 1.165) is 11.1 Å². The van der Waals surface area contributed by atoms with Crippen LogP contribution in [0, 0.1) is 6.92 Å². The number of nitrogens with one attached hydrogen (secondary N) is 2. The fourth-order valence-electron chi connectivity index (χ4n) is 2.56. The van der Waals surface area contributed by atoms with Gasteiger partial charge in [-0.15, -0.1) is 0 Å². The molecule has 28 heavy (non-hydrogen) atoms. The molecule has 0 radical (unpaired) electrons. The number of hydrogen-bond donors (Lipinski definition) is 2. The summed E-state index contributed by atoms with van der Waals surface area (Å²) in [6.45, 7) is 2.17. The van der Waals surface area contributed by atoms with Gasteiger partial charge in [0.05, 0.1) is 16.8 Å². The van der Waals surface area contributed by atoms with Gasteiger partial charge in [-0.05, 0) is 37.3 Å². The third kappa shape index (κ3) is 4.90. The van der Waals surface area contributed by atoms with Crippen LogP contribution in [0.1, 0.15) is 21.5 Å². The summed E-state index contributed by atoms with van der Waals surface area (Å²) >= 11 is 6.08. The van der Waals surface area contributed by atoms with Gasteiger partial charge in [0.15, 0.2) is 0 Å². The zero-order valence-corrected chi connectivity index (χ0v) is 16.9. The van der Waals surface area contributed by atoms with Crippen LogP contribution in [0.2, 0.25) is 5.02 Å². The zero-order chi connectivity index (χ0) is 20.3. The number of amides is 1. The minimum atomic E-state index is -3.79. The fraction of sp³-hybridized carbons (Fsp3) is 0.158. The Morgan fingerprint density at radius 3 is 2.54 bits per heavy atom. The molecule has 0 aliphatic rings. The van der Waals surface area contributed by atoms with E-state index in [2.05, 4.69) is 15.1 Å². The first-order valence-corrected chi connectivity index (χ1v) is 10.2. The number of anilines is 1. The molecule has 0 saturated carbocycles. The van der Waals surface area contributed by atoms with Crippen LogP contribution in [-0.4, -0.2) is 24.1 Å². The Labute approximate surface area is 168 Å². The maximum absolute atomic E-state index is 12.6. The molecule has 1 heterocycles. The number of rotatable bonds is 6. The molecule has 0 bridgehead atoms. The lowest BCUT2D eigenvalue weighted by Crippen LogP contribution is -2.23. The van der Waals surface area contributed by atoms with Gasteiger partial charge in [-0.2, -0.15) is 5.10 Å². The number of aromatic nitrogens is 2. The maximum Gasteiger partial charge on any atom is 0.261 e. The molecule has 7 nitrogen and oxygen atoms in total. The minimum Gasteiger partial charge on any atom is -0.348 e. The average Bonchev–Trinajstić information content (AvgIpc) is 3.04. The molecule has 2 aromatic carbocycles. The van der Waals surface area contributed by atoms with Crippen molar-refractivity contribution >= 4 is 33.2 Å². The lowest BCUT2D eigenvalue weighted by atomic mass is 10.2. The highest BCUT2D eigenvalue weighted by atomic mass is 35.5. The minimum absolute atomic E-state index is 0.126. The summed E-state index contributed by atoms with van der Waals surface area (Å²) < 4.78 is 29.2. The van der Waals surface area contributed by atoms with Crippen molar-refractivity contribution in [3.63, 3.8) is 0 Å². The Morgan fingerprint density at radius 2 is 1.89 bits per heavy atom. The first kappa shape index (κ1) is 19.9. The van der Waals surface area contributed by atoms with E-state index in [9.17, 15) is 13.2 Å². The highest BCUT2D eigenvalue weighted by Gasteiger charge is 2.16. The van der Waals surface area contributed by atoms with Crippen LogP contribution in [0.5, 0.6) is 0 Å². The Hall–Kier alpha value is -2.84. The molecule has 9 heteroatoms. The number of hydrogen-bond acceptors (Lipinski definition) is 4. The topological polar surface area (TPSA) is 93.1 Å². The van der Waals surface area contributed by atoms with Crippen molar-refractivity contribution in [1.82, 2.24) is 15.1 Å². The second kappa shape index (κ2) is 8.04. The van der Waals surface area contributed by atoms with Crippen LogP contribution in [-0.2, 0) is 23.6 Å². The summed E-state index contributed by atoms with van der Waals surface area (Å²) in [5.74, 6) is -0.373. The van der Waals surface area contributed by atoms with Gasteiger partial charge in [0.25, 0.3) is 15.9 Å². The van der Waals surface area contributed by atoms with Gasteiger partial charge in [-0.3, -0.25) is 14.2 Å². The molecule has 0 fully saturated rings. The van der Waals surface area contributed by atoms with Crippen molar-refractivity contribution in [1.29, 1.82) is 0 Å². The molecule has 146 valence electrons. The van der Waals surface area contributed by atoms with E-state index in [4.69, 9.17) is 11.6 Å². The van der Waals surface area contributed by atoms with Crippen molar-refractivity contribution in [3.05, 3.63) is 76.6 Å². The van der Waals surface area contributed by atoms with Crippen molar-refractivity contribution in [2.45, 2.75) is 18.4 Å². The van der Waals surface area contributed by atoms with Gasteiger partial charge in [-0.1, -0.05) is 29.3 Å². The quantitative estimate of drug-likeness (QED) is 0.643. The predicted octanol–water partition coefficient (Wildman–Crippen LogP) is 3.11. The van der Waals surface area contributed by atoms with Crippen LogP contribution in [0.4, 0.5) is 5.69 Å². The average molecular weight is 419 g/mol. The van der Waals surface area contributed by atoms with E-state index >= 15 is 0 Å².